The zero-order chi connectivity index (χ0) is 18.8. The number of H-pyrrole nitrogens is 1. The number of nitrogens with zero attached hydrogens (tertiary/aromatic N) is 1. The van der Waals surface area contributed by atoms with Crippen molar-refractivity contribution in [3.05, 3.63) is 53.8 Å². The quantitative estimate of drug-likeness (QED) is 0.602. The van der Waals surface area contributed by atoms with Crippen LogP contribution in [-0.4, -0.2) is 33.9 Å². The number of hydrogen-bond acceptors (Lipinski definition) is 4. The Kier molecular flexibility index (Phi) is 4.68. The van der Waals surface area contributed by atoms with Gasteiger partial charge in [-0.25, -0.2) is 4.98 Å². The number of anilines is 1. The minimum atomic E-state index is -0.718. The number of ether oxygens (including phenoxy) is 1. The summed E-state index contributed by atoms with van der Waals surface area (Å²) in [7, 11) is 0. The van der Waals surface area contributed by atoms with Gasteiger partial charge in [0, 0.05) is 53.3 Å². The van der Waals surface area contributed by atoms with Gasteiger partial charge in [0.25, 0.3) is 0 Å². The number of aromatic amines is 1. The Morgan fingerprint density at radius 2 is 2.04 bits per heavy atom. The van der Waals surface area contributed by atoms with E-state index in [2.05, 4.69) is 20.6 Å². The minimum absolute atomic E-state index is 0.0102. The van der Waals surface area contributed by atoms with Crippen LogP contribution in [0, 0.1) is 0 Å². The van der Waals surface area contributed by atoms with Crippen LogP contribution < -0.4 is 15.4 Å². The Bertz CT molecular complexity index is 983. The summed E-state index contributed by atoms with van der Waals surface area (Å²) in [5.41, 5.74) is 1.33. The molecule has 0 bridgehead atoms. The molecule has 3 N–H and O–H groups in total. The number of rotatable bonds is 4. The van der Waals surface area contributed by atoms with Crippen LogP contribution in [0.4, 0.5) is 5.69 Å². The van der Waals surface area contributed by atoms with Gasteiger partial charge < -0.3 is 20.4 Å². The molecule has 27 heavy (non-hydrogen) atoms. The fourth-order valence-electron chi connectivity index (χ4n) is 2.99. The highest BCUT2D eigenvalue weighted by atomic mass is 35.5. The Morgan fingerprint density at radius 1 is 1.19 bits per heavy atom. The Hall–Kier alpha value is -3.06. The summed E-state index contributed by atoms with van der Waals surface area (Å²) in [5.74, 6) is -0.833. The molecule has 2 aromatic heterocycles. The molecule has 0 aliphatic heterocycles. The van der Waals surface area contributed by atoms with E-state index < -0.39 is 11.8 Å². The maximum Gasteiger partial charge on any atom is 0.313 e. The SMILES string of the molecule is O=C(Nc1c[nH]c2ccc(Cl)cc12)C(=O)NC1CC(Oc2ccccn2)C1. The van der Waals surface area contributed by atoms with E-state index in [1.807, 2.05) is 18.2 Å². The van der Waals surface area contributed by atoms with E-state index in [0.717, 1.165) is 10.9 Å². The average molecular weight is 385 g/mol. The summed E-state index contributed by atoms with van der Waals surface area (Å²) in [5, 5.41) is 6.63. The monoisotopic (exact) mass is 384 g/mol. The van der Waals surface area contributed by atoms with E-state index >= 15 is 0 Å². The maximum atomic E-state index is 12.2. The zero-order valence-electron chi connectivity index (χ0n) is 14.2. The Morgan fingerprint density at radius 3 is 2.81 bits per heavy atom. The van der Waals surface area contributed by atoms with Crippen LogP contribution in [0.2, 0.25) is 5.02 Å². The average Bonchev–Trinajstić information content (AvgIpc) is 3.02. The number of pyridine rings is 1. The molecule has 2 amide bonds. The second kappa shape index (κ2) is 7.28. The number of aromatic nitrogens is 2. The number of hydrogen-bond donors (Lipinski definition) is 3. The number of benzene rings is 1. The molecule has 3 aromatic rings. The third kappa shape index (κ3) is 3.88. The van der Waals surface area contributed by atoms with E-state index in [1.54, 1.807) is 30.6 Å². The molecule has 2 heterocycles. The van der Waals surface area contributed by atoms with Crippen LogP contribution in [0.1, 0.15) is 12.8 Å². The van der Waals surface area contributed by atoms with Gasteiger partial charge in [-0.3, -0.25) is 9.59 Å². The number of carbonyl (C=O) groups excluding carboxylic acids is 2. The third-order valence-electron chi connectivity index (χ3n) is 4.45. The summed E-state index contributed by atoms with van der Waals surface area (Å²) in [4.78, 5) is 31.4. The van der Waals surface area contributed by atoms with Crippen molar-refractivity contribution in [1.82, 2.24) is 15.3 Å². The molecular weight excluding hydrogens is 368 g/mol. The molecule has 1 fully saturated rings. The van der Waals surface area contributed by atoms with E-state index in [1.165, 1.54) is 0 Å². The van der Waals surface area contributed by atoms with Crippen molar-refractivity contribution >= 4 is 40.0 Å². The van der Waals surface area contributed by atoms with Gasteiger partial charge in [0.1, 0.15) is 6.10 Å². The molecule has 4 rings (SSSR count). The van der Waals surface area contributed by atoms with Crippen molar-refractivity contribution < 1.29 is 14.3 Å². The topological polar surface area (TPSA) is 96.1 Å². The standard InChI is InChI=1S/C19H17ClN4O3/c20-11-4-5-15-14(7-11)16(10-22-15)24-19(26)18(25)23-12-8-13(9-12)27-17-3-1-2-6-21-17/h1-7,10,12-13,22H,8-9H2,(H,23,25)(H,24,26). The predicted molar refractivity (Wildman–Crippen MR) is 102 cm³/mol. The second-order valence-corrected chi connectivity index (χ2v) is 6.83. The molecule has 1 aliphatic carbocycles. The lowest BCUT2D eigenvalue weighted by Gasteiger charge is -2.35. The normalized spacial score (nSPS) is 18.6. The van der Waals surface area contributed by atoms with E-state index in [-0.39, 0.29) is 12.1 Å². The largest absolute Gasteiger partial charge is 0.474 e. The Balaban J connectivity index is 1.29. The minimum Gasteiger partial charge on any atom is -0.474 e. The molecule has 1 aromatic carbocycles. The lowest BCUT2D eigenvalue weighted by molar-refractivity contribution is -0.137. The highest BCUT2D eigenvalue weighted by Crippen LogP contribution is 2.27. The lowest BCUT2D eigenvalue weighted by Crippen LogP contribution is -2.51. The number of carbonyl (C=O) groups is 2. The summed E-state index contributed by atoms with van der Waals surface area (Å²) in [6.45, 7) is 0. The molecule has 1 aliphatic rings. The fourth-order valence-corrected chi connectivity index (χ4v) is 3.17. The summed E-state index contributed by atoms with van der Waals surface area (Å²) < 4.78 is 5.69. The van der Waals surface area contributed by atoms with Crippen molar-refractivity contribution in [2.24, 2.45) is 0 Å². The highest BCUT2D eigenvalue weighted by Gasteiger charge is 2.33. The van der Waals surface area contributed by atoms with E-state index in [0.29, 0.717) is 29.4 Å². The van der Waals surface area contributed by atoms with Crippen molar-refractivity contribution in [3.63, 3.8) is 0 Å². The maximum absolute atomic E-state index is 12.2. The van der Waals surface area contributed by atoms with Gasteiger partial charge in [0.2, 0.25) is 5.88 Å². The lowest BCUT2D eigenvalue weighted by atomic mass is 9.89. The highest BCUT2D eigenvalue weighted by molar-refractivity contribution is 6.40. The van der Waals surface area contributed by atoms with Gasteiger partial charge in [-0.2, -0.15) is 0 Å². The second-order valence-electron chi connectivity index (χ2n) is 6.40. The molecular formula is C19H17ClN4O3. The van der Waals surface area contributed by atoms with Gasteiger partial charge in [0.05, 0.1) is 5.69 Å². The van der Waals surface area contributed by atoms with Crippen molar-refractivity contribution in [3.8, 4) is 5.88 Å². The molecule has 1 saturated carbocycles. The van der Waals surface area contributed by atoms with Crippen LogP contribution in [0.15, 0.2) is 48.8 Å². The van der Waals surface area contributed by atoms with Crippen molar-refractivity contribution in [1.29, 1.82) is 0 Å². The van der Waals surface area contributed by atoms with E-state index in [9.17, 15) is 9.59 Å². The first kappa shape index (κ1) is 17.4. The summed E-state index contributed by atoms with van der Waals surface area (Å²) >= 11 is 5.99. The molecule has 0 spiro atoms. The predicted octanol–water partition coefficient (Wildman–Crippen LogP) is 2.88. The van der Waals surface area contributed by atoms with Gasteiger partial charge in [0.15, 0.2) is 0 Å². The first-order valence-electron chi connectivity index (χ1n) is 8.54. The molecule has 0 radical (unpaired) electrons. The van der Waals surface area contributed by atoms with Gasteiger partial charge in [-0.1, -0.05) is 17.7 Å². The first-order valence-corrected chi connectivity index (χ1v) is 8.92. The number of amides is 2. The van der Waals surface area contributed by atoms with Crippen LogP contribution in [0.5, 0.6) is 5.88 Å². The molecule has 0 unspecified atom stereocenters. The molecule has 0 saturated heterocycles. The summed E-state index contributed by atoms with van der Waals surface area (Å²) in [6.07, 6.45) is 4.56. The third-order valence-corrected chi connectivity index (χ3v) is 4.69. The van der Waals surface area contributed by atoms with Crippen LogP contribution in [0.25, 0.3) is 10.9 Å². The van der Waals surface area contributed by atoms with Crippen LogP contribution in [-0.2, 0) is 9.59 Å². The number of fused-ring (bicyclic) bond motifs is 1. The van der Waals surface area contributed by atoms with Gasteiger partial charge >= 0.3 is 11.8 Å². The van der Waals surface area contributed by atoms with Gasteiger partial charge in [-0.15, -0.1) is 0 Å². The van der Waals surface area contributed by atoms with Gasteiger partial charge in [-0.05, 0) is 24.3 Å². The zero-order valence-corrected chi connectivity index (χ0v) is 15.0. The fraction of sp³-hybridized carbons (Fsp3) is 0.211. The van der Waals surface area contributed by atoms with Crippen LogP contribution in [0.3, 0.4) is 0 Å². The molecule has 0 atom stereocenters. The first-order chi connectivity index (χ1) is 13.1. The van der Waals surface area contributed by atoms with Crippen molar-refractivity contribution in [2.75, 3.05) is 5.32 Å². The smallest absolute Gasteiger partial charge is 0.313 e. The Labute approximate surface area is 160 Å². The number of halogens is 1. The number of nitrogens with one attached hydrogen (secondary N) is 3. The van der Waals surface area contributed by atoms with Crippen molar-refractivity contribution in [2.45, 2.75) is 25.0 Å². The van der Waals surface area contributed by atoms with E-state index in [4.69, 9.17) is 16.3 Å². The molecule has 7 nitrogen and oxygen atoms in total. The summed E-state index contributed by atoms with van der Waals surface area (Å²) in [6, 6.07) is 10.6. The van der Waals surface area contributed by atoms with Crippen LogP contribution >= 0.6 is 11.6 Å². The molecule has 8 heteroatoms. The molecule has 138 valence electrons.